The molecule has 1 amide bonds. The van der Waals surface area contributed by atoms with E-state index < -0.39 is 6.04 Å². The Morgan fingerprint density at radius 1 is 1.39 bits per heavy atom. The fraction of sp³-hybridized carbons (Fsp3) is 0.500. The number of carbonyl (C=O) groups excluding carboxylic acids is 1. The van der Waals surface area contributed by atoms with E-state index >= 15 is 0 Å². The van der Waals surface area contributed by atoms with E-state index in [0.29, 0.717) is 12.3 Å². The van der Waals surface area contributed by atoms with Crippen LogP contribution in [0.2, 0.25) is 0 Å². The van der Waals surface area contributed by atoms with Gasteiger partial charge in [-0.3, -0.25) is 4.79 Å². The molecule has 1 rings (SSSR count). The highest BCUT2D eigenvalue weighted by Crippen LogP contribution is 2.27. The number of aryl methyl sites for hydroxylation is 2. The molecule has 0 fully saturated rings. The van der Waals surface area contributed by atoms with Gasteiger partial charge in [-0.05, 0) is 59.3 Å². The molecule has 0 saturated carbocycles. The van der Waals surface area contributed by atoms with Gasteiger partial charge in [-0.1, -0.05) is 19.9 Å². The first kappa shape index (κ1) is 15.2. The summed E-state index contributed by atoms with van der Waals surface area (Å²) in [5.41, 5.74) is 8.87. The van der Waals surface area contributed by atoms with Crippen molar-refractivity contribution >= 4 is 27.5 Å². The molecule has 1 atom stereocenters. The molecule has 0 bridgehead atoms. The summed E-state index contributed by atoms with van der Waals surface area (Å²) in [5, 5.41) is 2.90. The van der Waals surface area contributed by atoms with Gasteiger partial charge in [-0.15, -0.1) is 0 Å². The van der Waals surface area contributed by atoms with E-state index in [-0.39, 0.29) is 5.91 Å². The van der Waals surface area contributed by atoms with Crippen LogP contribution in [0.1, 0.15) is 31.4 Å². The number of nitrogens with two attached hydrogens (primary N) is 1. The molecule has 100 valence electrons. The number of amides is 1. The van der Waals surface area contributed by atoms with Crippen LogP contribution < -0.4 is 11.1 Å². The Bertz CT molecular complexity index is 420. The van der Waals surface area contributed by atoms with E-state index in [2.05, 4.69) is 35.1 Å². The number of benzene rings is 1. The molecule has 0 radical (unpaired) electrons. The average molecular weight is 313 g/mol. The topological polar surface area (TPSA) is 55.1 Å². The minimum atomic E-state index is -0.461. The zero-order valence-corrected chi connectivity index (χ0v) is 13.0. The maximum atomic E-state index is 12.0. The molecule has 1 unspecified atom stereocenters. The third-order valence-corrected chi connectivity index (χ3v) is 3.37. The maximum Gasteiger partial charge on any atom is 0.241 e. The molecular weight excluding hydrogens is 292 g/mol. The van der Waals surface area contributed by atoms with Crippen LogP contribution in [0.3, 0.4) is 0 Å². The number of anilines is 1. The number of rotatable bonds is 4. The highest BCUT2D eigenvalue weighted by molar-refractivity contribution is 9.10. The molecule has 0 aromatic heterocycles. The van der Waals surface area contributed by atoms with Gasteiger partial charge in [0.2, 0.25) is 5.91 Å². The van der Waals surface area contributed by atoms with Gasteiger partial charge in [-0.2, -0.15) is 0 Å². The lowest BCUT2D eigenvalue weighted by molar-refractivity contribution is -0.117. The van der Waals surface area contributed by atoms with Gasteiger partial charge in [0.05, 0.1) is 11.7 Å². The standard InChI is InChI=1S/C14H21BrN2O/c1-8(2)5-12(16)14(18)17-13-10(4)6-9(3)7-11(13)15/h6-8,12H,5,16H2,1-4H3,(H,17,18). The predicted molar refractivity (Wildman–Crippen MR) is 79.7 cm³/mol. The van der Waals surface area contributed by atoms with Crippen LogP contribution in [0.15, 0.2) is 16.6 Å². The van der Waals surface area contributed by atoms with Crippen molar-refractivity contribution in [2.24, 2.45) is 11.7 Å². The normalized spacial score (nSPS) is 12.6. The number of halogens is 1. The number of hydrogen-bond donors (Lipinski definition) is 2. The van der Waals surface area contributed by atoms with Gasteiger partial charge in [0.25, 0.3) is 0 Å². The molecule has 18 heavy (non-hydrogen) atoms. The fourth-order valence-electron chi connectivity index (χ4n) is 1.90. The highest BCUT2D eigenvalue weighted by Gasteiger charge is 2.17. The minimum Gasteiger partial charge on any atom is -0.323 e. The van der Waals surface area contributed by atoms with Crippen LogP contribution in [0.4, 0.5) is 5.69 Å². The van der Waals surface area contributed by atoms with Gasteiger partial charge in [0.15, 0.2) is 0 Å². The van der Waals surface area contributed by atoms with Crippen molar-refractivity contribution in [1.82, 2.24) is 0 Å². The molecule has 3 nitrogen and oxygen atoms in total. The van der Waals surface area contributed by atoms with Crippen molar-refractivity contribution in [3.63, 3.8) is 0 Å². The Morgan fingerprint density at radius 2 is 2.00 bits per heavy atom. The van der Waals surface area contributed by atoms with Crippen molar-refractivity contribution in [3.05, 3.63) is 27.7 Å². The second kappa shape index (κ2) is 6.34. The molecular formula is C14H21BrN2O. The summed E-state index contributed by atoms with van der Waals surface area (Å²) in [4.78, 5) is 12.0. The molecule has 1 aromatic rings. The molecule has 1 aromatic carbocycles. The van der Waals surface area contributed by atoms with Crippen molar-refractivity contribution in [1.29, 1.82) is 0 Å². The van der Waals surface area contributed by atoms with Crippen molar-refractivity contribution in [3.8, 4) is 0 Å². The summed E-state index contributed by atoms with van der Waals surface area (Å²) in [6, 6.07) is 3.56. The minimum absolute atomic E-state index is 0.128. The Kier molecular flexibility index (Phi) is 5.35. The summed E-state index contributed by atoms with van der Waals surface area (Å²) >= 11 is 3.47. The summed E-state index contributed by atoms with van der Waals surface area (Å²) < 4.78 is 0.894. The van der Waals surface area contributed by atoms with Gasteiger partial charge < -0.3 is 11.1 Å². The maximum absolute atomic E-state index is 12.0. The molecule has 3 N–H and O–H groups in total. The van der Waals surface area contributed by atoms with Crippen LogP contribution in [0.25, 0.3) is 0 Å². The van der Waals surface area contributed by atoms with Crippen LogP contribution in [0, 0.1) is 19.8 Å². The zero-order valence-electron chi connectivity index (χ0n) is 11.4. The first-order valence-corrected chi connectivity index (χ1v) is 6.93. The fourth-order valence-corrected chi connectivity index (χ4v) is 2.68. The third-order valence-electron chi connectivity index (χ3n) is 2.74. The summed E-state index contributed by atoms with van der Waals surface area (Å²) in [5.74, 6) is 0.282. The molecule has 4 heteroatoms. The monoisotopic (exact) mass is 312 g/mol. The lowest BCUT2D eigenvalue weighted by Gasteiger charge is -2.16. The van der Waals surface area contributed by atoms with Crippen molar-refractivity contribution in [2.75, 3.05) is 5.32 Å². The van der Waals surface area contributed by atoms with E-state index in [4.69, 9.17) is 5.73 Å². The third kappa shape index (κ3) is 4.10. The quantitative estimate of drug-likeness (QED) is 0.895. The van der Waals surface area contributed by atoms with E-state index in [1.54, 1.807) is 0 Å². The second-order valence-electron chi connectivity index (χ2n) is 5.16. The molecule has 0 spiro atoms. The van der Waals surface area contributed by atoms with Gasteiger partial charge in [0.1, 0.15) is 0 Å². The number of carbonyl (C=O) groups is 1. The van der Waals surface area contributed by atoms with Gasteiger partial charge in [0, 0.05) is 4.47 Å². The van der Waals surface area contributed by atoms with E-state index in [9.17, 15) is 4.79 Å². The van der Waals surface area contributed by atoms with E-state index in [1.165, 1.54) is 0 Å². The zero-order chi connectivity index (χ0) is 13.9. The number of hydrogen-bond acceptors (Lipinski definition) is 2. The summed E-state index contributed by atoms with van der Waals surface area (Å²) in [7, 11) is 0. The lowest BCUT2D eigenvalue weighted by Crippen LogP contribution is -2.36. The van der Waals surface area contributed by atoms with Crippen LogP contribution >= 0.6 is 15.9 Å². The molecule has 0 aliphatic heterocycles. The van der Waals surface area contributed by atoms with Crippen molar-refractivity contribution < 1.29 is 4.79 Å². The summed E-state index contributed by atoms with van der Waals surface area (Å²) in [6.07, 6.45) is 0.689. The van der Waals surface area contributed by atoms with Crippen LogP contribution in [-0.4, -0.2) is 11.9 Å². The first-order valence-electron chi connectivity index (χ1n) is 6.14. The SMILES string of the molecule is Cc1cc(C)c(NC(=O)C(N)CC(C)C)c(Br)c1. The molecule has 0 saturated heterocycles. The van der Waals surface area contributed by atoms with E-state index in [0.717, 1.165) is 21.3 Å². The molecule has 0 heterocycles. The summed E-state index contributed by atoms with van der Waals surface area (Å²) in [6.45, 7) is 8.11. The molecule has 0 aliphatic carbocycles. The Morgan fingerprint density at radius 3 is 2.50 bits per heavy atom. The Labute approximate surface area is 117 Å². The highest BCUT2D eigenvalue weighted by atomic mass is 79.9. The van der Waals surface area contributed by atoms with E-state index in [1.807, 2.05) is 26.0 Å². The molecule has 0 aliphatic rings. The largest absolute Gasteiger partial charge is 0.323 e. The second-order valence-corrected chi connectivity index (χ2v) is 6.02. The Balaban J connectivity index is 2.82. The predicted octanol–water partition coefficient (Wildman–Crippen LogP) is 3.38. The van der Waals surface area contributed by atoms with Crippen LogP contribution in [-0.2, 0) is 4.79 Å². The lowest BCUT2D eigenvalue weighted by atomic mass is 10.0. The average Bonchev–Trinajstić information content (AvgIpc) is 2.21. The number of nitrogens with one attached hydrogen (secondary N) is 1. The van der Waals surface area contributed by atoms with Crippen molar-refractivity contribution in [2.45, 2.75) is 40.2 Å². The Hall–Kier alpha value is -0.870. The van der Waals surface area contributed by atoms with Gasteiger partial charge >= 0.3 is 0 Å². The smallest absolute Gasteiger partial charge is 0.241 e. The first-order chi connectivity index (χ1) is 8.31. The van der Waals surface area contributed by atoms with Gasteiger partial charge in [-0.25, -0.2) is 0 Å². The van der Waals surface area contributed by atoms with Crippen LogP contribution in [0.5, 0.6) is 0 Å².